The average molecular weight is 291 g/mol. The zero-order chi connectivity index (χ0) is 13.8. The Kier molecular flexibility index (Phi) is 3.83. The van der Waals surface area contributed by atoms with Gasteiger partial charge < -0.3 is 14.2 Å². The summed E-state index contributed by atoms with van der Waals surface area (Å²) in [5.74, 6) is 1.19. The molecule has 5 nitrogen and oxygen atoms in total. The Bertz CT molecular complexity index is 597. The molecule has 0 fully saturated rings. The van der Waals surface area contributed by atoms with E-state index in [0.29, 0.717) is 18.6 Å². The van der Waals surface area contributed by atoms with Crippen molar-refractivity contribution < 1.29 is 19.0 Å². The number of aryl methyl sites for hydroxylation is 1. The van der Waals surface area contributed by atoms with Crippen LogP contribution in [0.4, 0.5) is 0 Å². The van der Waals surface area contributed by atoms with Crippen molar-refractivity contribution in [1.29, 1.82) is 0 Å². The van der Waals surface area contributed by atoms with Crippen LogP contribution in [0.3, 0.4) is 0 Å². The van der Waals surface area contributed by atoms with Crippen molar-refractivity contribution in [3.8, 4) is 11.5 Å². The quantitative estimate of drug-likeness (QED) is 0.792. The minimum Gasteiger partial charge on any atom is -0.461 e. The van der Waals surface area contributed by atoms with Crippen LogP contribution in [0.5, 0.6) is 11.5 Å². The first-order chi connectivity index (χ1) is 9.81. The third-order valence-corrected chi connectivity index (χ3v) is 3.54. The Balaban J connectivity index is 1.48. The van der Waals surface area contributed by atoms with Gasteiger partial charge in [0.2, 0.25) is 6.79 Å². The number of thiazole rings is 1. The number of esters is 1. The van der Waals surface area contributed by atoms with Crippen LogP contribution in [0.25, 0.3) is 0 Å². The van der Waals surface area contributed by atoms with Crippen LogP contribution >= 0.6 is 11.3 Å². The molecule has 0 radical (unpaired) electrons. The third-order valence-electron chi connectivity index (χ3n) is 2.91. The Hall–Kier alpha value is -2.08. The number of hydrogen-bond donors (Lipinski definition) is 0. The second kappa shape index (κ2) is 5.92. The first-order valence-corrected chi connectivity index (χ1v) is 7.17. The van der Waals surface area contributed by atoms with Crippen molar-refractivity contribution in [2.45, 2.75) is 19.4 Å². The maximum absolute atomic E-state index is 11.6. The molecule has 1 aromatic heterocycles. The molecule has 0 atom stereocenters. The molecule has 2 heterocycles. The van der Waals surface area contributed by atoms with E-state index in [1.807, 2.05) is 23.6 Å². The minimum atomic E-state index is -0.226. The highest BCUT2D eigenvalue weighted by Gasteiger charge is 2.13. The fraction of sp³-hybridized carbons (Fsp3) is 0.286. The first kappa shape index (κ1) is 12.9. The lowest BCUT2D eigenvalue weighted by Gasteiger charge is -2.05. The maximum atomic E-state index is 11.6. The molecule has 2 aromatic rings. The zero-order valence-electron chi connectivity index (χ0n) is 10.7. The predicted octanol–water partition coefficient (Wildman–Crippen LogP) is 2.55. The van der Waals surface area contributed by atoms with E-state index in [0.717, 1.165) is 17.0 Å². The first-order valence-electron chi connectivity index (χ1n) is 6.22. The number of aromatic nitrogens is 1. The van der Waals surface area contributed by atoms with Crippen LogP contribution in [0.1, 0.15) is 17.7 Å². The van der Waals surface area contributed by atoms with Gasteiger partial charge in [0.15, 0.2) is 11.5 Å². The summed E-state index contributed by atoms with van der Waals surface area (Å²) in [5.41, 5.74) is 3.57. The van der Waals surface area contributed by atoms with Gasteiger partial charge in [0.25, 0.3) is 0 Å². The Morgan fingerprint density at radius 3 is 3.10 bits per heavy atom. The molecule has 104 valence electrons. The number of nitrogens with zero attached hydrogens (tertiary/aromatic N) is 1. The molecule has 1 aliphatic rings. The molecule has 0 bridgehead atoms. The molecule has 3 rings (SSSR count). The number of carbonyl (C=O) groups excluding carboxylic acids is 1. The molecule has 0 N–H and O–H groups in total. The standard InChI is InChI=1S/C14H13NO4S/c16-14(4-2-11-7-20-8-15-11)17-6-10-1-3-12-13(5-10)19-9-18-12/h1,3,5,7-8H,2,4,6,9H2. The smallest absolute Gasteiger partial charge is 0.306 e. The monoisotopic (exact) mass is 291 g/mol. The van der Waals surface area contributed by atoms with Crippen molar-refractivity contribution in [1.82, 2.24) is 4.98 Å². The van der Waals surface area contributed by atoms with Crippen LogP contribution in [0.2, 0.25) is 0 Å². The summed E-state index contributed by atoms with van der Waals surface area (Å²) < 4.78 is 15.7. The van der Waals surface area contributed by atoms with E-state index < -0.39 is 0 Å². The highest BCUT2D eigenvalue weighted by molar-refractivity contribution is 7.07. The molecule has 1 aliphatic heterocycles. The van der Waals surface area contributed by atoms with Crippen LogP contribution < -0.4 is 9.47 Å². The van der Waals surface area contributed by atoms with E-state index >= 15 is 0 Å². The number of benzene rings is 1. The average Bonchev–Trinajstić information content (AvgIpc) is 3.13. The predicted molar refractivity (Wildman–Crippen MR) is 72.8 cm³/mol. The minimum absolute atomic E-state index is 0.226. The van der Waals surface area contributed by atoms with E-state index in [9.17, 15) is 4.79 Å². The van der Waals surface area contributed by atoms with E-state index in [-0.39, 0.29) is 19.4 Å². The zero-order valence-corrected chi connectivity index (χ0v) is 11.5. The number of fused-ring (bicyclic) bond motifs is 1. The molecule has 0 spiro atoms. The highest BCUT2D eigenvalue weighted by atomic mass is 32.1. The van der Waals surface area contributed by atoms with Gasteiger partial charge in [0, 0.05) is 11.8 Å². The van der Waals surface area contributed by atoms with Gasteiger partial charge in [0.1, 0.15) is 6.61 Å². The van der Waals surface area contributed by atoms with E-state index in [1.165, 1.54) is 11.3 Å². The van der Waals surface area contributed by atoms with Crippen molar-refractivity contribution in [2.24, 2.45) is 0 Å². The molecule has 20 heavy (non-hydrogen) atoms. The Morgan fingerprint density at radius 2 is 2.25 bits per heavy atom. The summed E-state index contributed by atoms with van der Waals surface area (Å²) in [5, 5.41) is 1.94. The number of carbonyl (C=O) groups is 1. The van der Waals surface area contributed by atoms with Crippen LogP contribution in [-0.4, -0.2) is 17.7 Å². The van der Waals surface area contributed by atoms with Gasteiger partial charge >= 0.3 is 5.97 Å². The van der Waals surface area contributed by atoms with Crippen LogP contribution in [0.15, 0.2) is 29.1 Å². The summed E-state index contributed by atoms with van der Waals surface area (Å²) >= 11 is 1.52. The maximum Gasteiger partial charge on any atom is 0.306 e. The normalized spacial score (nSPS) is 12.4. The van der Waals surface area contributed by atoms with E-state index in [1.54, 1.807) is 5.51 Å². The van der Waals surface area contributed by atoms with Crippen molar-refractivity contribution in [3.05, 3.63) is 40.3 Å². The fourth-order valence-electron chi connectivity index (χ4n) is 1.86. The van der Waals surface area contributed by atoms with Crippen molar-refractivity contribution >= 4 is 17.3 Å². The topological polar surface area (TPSA) is 57.7 Å². The molecule has 0 unspecified atom stereocenters. The van der Waals surface area contributed by atoms with Crippen molar-refractivity contribution in [3.63, 3.8) is 0 Å². The second-order valence-corrected chi connectivity index (χ2v) is 5.05. The third kappa shape index (κ3) is 3.08. The number of hydrogen-bond acceptors (Lipinski definition) is 6. The molecule has 0 saturated heterocycles. The summed E-state index contributed by atoms with van der Waals surface area (Å²) in [6, 6.07) is 5.51. The largest absolute Gasteiger partial charge is 0.461 e. The van der Waals surface area contributed by atoms with Gasteiger partial charge in [-0.15, -0.1) is 11.3 Å². The molecule has 0 aliphatic carbocycles. The van der Waals surface area contributed by atoms with Gasteiger partial charge in [-0.3, -0.25) is 4.79 Å². The highest BCUT2D eigenvalue weighted by Crippen LogP contribution is 2.32. The van der Waals surface area contributed by atoms with Gasteiger partial charge in [-0.25, -0.2) is 4.98 Å². The number of rotatable bonds is 5. The molecular formula is C14H13NO4S. The fourth-order valence-corrected chi connectivity index (χ4v) is 2.45. The lowest BCUT2D eigenvalue weighted by molar-refractivity contribution is -0.144. The summed E-state index contributed by atoms with van der Waals surface area (Å²) in [6.45, 7) is 0.485. The molecule has 0 saturated carbocycles. The summed E-state index contributed by atoms with van der Waals surface area (Å²) in [7, 11) is 0. The number of ether oxygens (including phenoxy) is 3. The van der Waals surface area contributed by atoms with Crippen molar-refractivity contribution in [2.75, 3.05) is 6.79 Å². The summed E-state index contributed by atoms with van der Waals surface area (Å²) in [4.78, 5) is 15.8. The molecular weight excluding hydrogens is 278 g/mol. The molecule has 0 amide bonds. The van der Waals surface area contributed by atoms with Gasteiger partial charge in [0.05, 0.1) is 17.6 Å². The van der Waals surface area contributed by atoms with Crippen LogP contribution in [0, 0.1) is 0 Å². The lowest BCUT2D eigenvalue weighted by Crippen LogP contribution is -2.06. The van der Waals surface area contributed by atoms with Gasteiger partial charge in [-0.05, 0) is 17.7 Å². The Morgan fingerprint density at radius 1 is 1.35 bits per heavy atom. The molecule has 1 aromatic carbocycles. The van der Waals surface area contributed by atoms with Gasteiger partial charge in [-0.1, -0.05) is 6.07 Å². The Labute approximate surface area is 120 Å². The van der Waals surface area contributed by atoms with E-state index in [4.69, 9.17) is 14.2 Å². The van der Waals surface area contributed by atoms with Crippen LogP contribution in [-0.2, 0) is 22.6 Å². The lowest BCUT2D eigenvalue weighted by atomic mass is 10.2. The van der Waals surface area contributed by atoms with E-state index in [2.05, 4.69) is 4.98 Å². The molecule has 6 heteroatoms. The second-order valence-electron chi connectivity index (χ2n) is 4.33. The summed E-state index contributed by atoms with van der Waals surface area (Å²) in [6.07, 6.45) is 0.956. The SMILES string of the molecule is O=C(CCc1cscn1)OCc1ccc2c(c1)OCO2. The van der Waals surface area contributed by atoms with Gasteiger partial charge in [-0.2, -0.15) is 0 Å².